The van der Waals surface area contributed by atoms with Gasteiger partial charge in [-0.2, -0.15) is 4.98 Å². The predicted octanol–water partition coefficient (Wildman–Crippen LogP) is 4.91. The number of rotatable bonds is 5. The van der Waals surface area contributed by atoms with Crippen LogP contribution in [-0.4, -0.2) is 51.9 Å². The van der Waals surface area contributed by atoms with E-state index in [1.807, 2.05) is 38.1 Å². The van der Waals surface area contributed by atoms with Gasteiger partial charge in [0, 0.05) is 12.2 Å². The Morgan fingerprint density at radius 1 is 1.32 bits per heavy atom. The second-order valence-electron chi connectivity index (χ2n) is 8.85. The average molecular weight is 449 g/mol. The SMILES string of the molecule is CC(C)Oc1ncc(Cl)c(Nc2ccc(C3(C(C)(C)C)CN(C(=O)O)CCO3)cc2)n1. The number of benzene rings is 1. The number of carboxylic acid groups (broad SMARTS) is 1. The Balaban J connectivity index is 1.87. The lowest BCUT2D eigenvalue weighted by Gasteiger charge is -2.50. The van der Waals surface area contributed by atoms with E-state index >= 15 is 0 Å². The van der Waals surface area contributed by atoms with Crippen molar-refractivity contribution in [3.8, 4) is 6.01 Å². The molecular formula is C22H29ClN4O4. The first-order valence-corrected chi connectivity index (χ1v) is 10.6. The smallest absolute Gasteiger partial charge is 0.407 e. The lowest BCUT2D eigenvalue weighted by Crippen LogP contribution is -2.57. The molecule has 1 aromatic carbocycles. The Hall–Kier alpha value is -2.58. The number of nitrogens with one attached hydrogen (secondary N) is 1. The third-order valence-electron chi connectivity index (χ3n) is 5.28. The van der Waals surface area contributed by atoms with E-state index < -0.39 is 11.7 Å². The molecule has 3 rings (SSSR count). The second kappa shape index (κ2) is 8.88. The van der Waals surface area contributed by atoms with Crippen LogP contribution in [0, 0.1) is 5.41 Å². The topological polar surface area (TPSA) is 96.8 Å². The fourth-order valence-corrected chi connectivity index (χ4v) is 3.75. The van der Waals surface area contributed by atoms with Crippen LogP contribution in [0.3, 0.4) is 0 Å². The van der Waals surface area contributed by atoms with Crippen molar-refractivity contribution in [3.05, 3.63) is 41.0 Å². The Kier molecular flexibility index (Phi) is 6.62. The van der Waals surface area contributed by atoms with Crippen LogP contribution in [0.5, 0.6) is 6.01 Å². The molecule has 0 radical (unpaired) electrons. The number of hydrogen-bond donors (Lipinski definition) is 2. The van der Waals surface area contributed by atoms with E-state index in [-0.39, 0.29) is 24.1 Å². The first-order chi connectivity index (χ1) is 14.5. The molecule has 0 spiro atoms. The van der Waals surface area contributed by atoms with Gasteiger partial charge in [0.15, 0.2) is 5.82 Å². The van der Waals surface area contributed by atoms with Crippen molar-refractivity contribution in [2.45, 2.75) is 46.3 Å². The summed E-state index contributed by atoms with van der Waals surface area (Å²) >= 11 is 6.24. The molecule has 168 valence electrons. The van der Waals surface area contributed by atoms with E-state index in [0.29, 0.717) is 24.0 Å². The van der Waals surface area contributed by atoms with Crippen LogP contribution in [0.4, 0.5) is 16.3 Å². The molecule has 8 nitrogen and oxygen atoms in total. The summed E-state index contributed by atoms with van der Waals surface area (Å²) in [6.45, 7) is 10.9. The van der Waals surface area contributed by atoms with Gasteiger partial charge >= 0.3 is 12.1 Å². The first kappa shape index (κ1) is 23.1. The summed E-state index contributed by atoms with van der Waals surface area (Å²) in [5, 5.41) is 13.1. The number of anilines is 2. The Morgan fingerprint density at radius 2 is 2.00 bits per heavy atom. The maximum atomic E-state index is 11.6. The van der Waals surface area contributed by atoms with Gasteiger partial charge in [0.25, 0.3) is 0 Å². The van der Waals surface area contributed by atoms with E-state index in [4.69, 9.17) is 21.1 Å². The third-order valence-corrected chi connectivity index (χ3v) is 5.56. The zero-order chi connectivity index (χ0) is 22.8. The van der Waals surface area contributed by atoms with Crippen molar-refractivity contribution in [1.29, 1.82) is 0 Å². The molecule has 1 unspecified atom stereocenters. The number of nitrogens with zero attached hydrogens (tertiary/aromatic N) is 3. The molecule has 1 amide bonds. The van der Waals surface area contributed by atoms with Gasteiger partial charge in [-0.1, -0.05) is 44.5 Å². The standard InChI is InChI=1S/C22H29ClN4O4/c1-14(2)31-19-24-12-17(23)18(26-19)25-16-8-6-15(7-9-16)22(21(3,4)5)13-27(20(28)29)10-11-30-22/h6-9,12,14H,10-11,13H2,1-5H3,(H,28,29)(H,24,25,26). The van der Waals surface area contributed by atoms with E-state index in [0.717, 1.165) is 11.3 Å². The van der Waals surface area contributed by atoms with E-state index in [9.17, 15) is 9.90 Å². The van der Waals surface area contributed by atoms with Gasteiger partial charge in [-0.05, 0) is 37.0 Å². The van der Waals surface area contributed by atoms with Gasteiger partial charge in [-0.3, -0.25) is 0 Å². The number of morpholine rings is 1. The van der Waals surface area contributed by atoms with Gasteiger partial charge in [0.1, 0.15) is 10.6 Å². The van der Waals surface area contributed by atoms with Crippen molar-refractivity contribution in [2.75, 3.05) is 25.0 Å². The molecule has 2 aromatic rings. The van der Waals surface area contributed by atoms with Gasteiger partial charge < -0.3 is 24.8 Å². The minimum absolute atomic E-state index is 0.0530. The molecule has 1 atom stereocenters. The zero-order valence-electron chi connectivity index (χ0n) is 18.5. The number of ether oxygens (including phenoxy) is 2. The summed E-state index contributed by atoms with van der Waals surface area (Å²) in [5.74, 6) is 0.441. The summed E-state index contributed by atoms with van der Waals surface area (Å²) in [6, 6.07) is 7.93. The number of carbonyl (C=O) groups is 1. The summed E-state index contributed by atoms with van der Waals surface area (Å²) in [6.07, 6.45) is 0.504. The summed E-state index contributed by atoms with van der Waals surface area (Å²) < 4.78 is 11.8. The fourth-order valence-electron chi connectivity index (χ4n) is 3.61. The van der Waals surface area contributed by atoms with Crippen molar-refractivity contribution < 1.29 is 19.4 Å². The van der Waals surface area contributed by atoms with Gasteiger partial charge in [-0.15, -0.1) is 0 Å². The predicted molar refractivity (Wildman–Crippen MR) is 119 cm³/mol. The molecule has 2 N–H and O–H groups in total. The van der Waals surface area contributed by atoms with Crippen molar-refractivity contribution >= 4 is 29.2 Å². The van der Waals surface area contributed by atoms with Crippen LogP contribution >= 0.6 is 11.6 Å². The second-order valence-corrected chi connectivity index (χ2v) is 9.25. The number of hydrogen-bond acceptors (Lipinski definition) is 6. The largest absolute Gasteiger partial charge is 0.465 e. The Bertz CT molecular complexity index is 930. The molecule has 1 aliphatic rings. The van der Waals surface area contributed by atoms with Crippen LogP contribution in [0.25, 0.3) is 0 Å². The molecule has 1 aromatic heterocycles. The summed E-state index contributed by atoms with van der Waals surface area (Å²) in [4.78, 5) is 21.4. The highest BCUT2D eigenvalue weighted by Crippen LogP contribution is 2.45. The zero-order valence-corrected chi connectivity index (χ0v) is 19.2. The highest BCUT2D eigenvalue weighted by atomic mass is 35.5. The van der Waals surface area contributed by atoms with Gasteiger partial charge in [0.2, 0.25) is 0 Å². The monoisotopic (exact) mass is 448 g/mol. The van der Waals surface area contributed by atoms with E-state index in [1.54, 1.807) is 0 Å². The lowest BCUT2D eigenvalue weighted by molar-refractivity contribution is -0.166. The van der Waals surface area contributed by atoms with E-state index in [1.165, 1.54) is 11.1 Å². The van der Waals surface area contributed by atoms with Crippen LogP contribution in [-0.2, 0) is 10.3 Å². The summed E-state index contributed by atoms with van der Waals surface area (Å²) in [7, 11) is 0. The average Bonchev–Trinajstić information content (AvgIpc) is 2.70. The summed E-state index contributed by atoms with van der Waals surface area (Å²) in [5.41, 5.74) is 0.603. The molecule has 0 bridgehead atoms. The first-order valence-electron chi connectivity index (χ1n) is 10.2. The van der Waals surface area contributed by atoms with Crippen LogP contribution in [0.1, 0.15) is 40.2 Å². The molecule has 1 saturated heterocycles. The molecule has 1 fully saturated rings. The minimum atomic E-state index is -0.937. The van der Waals surface area contributed by atoms with Gasteiger partial charge in [0.05, 0.1) is 25.5 Å². The highest BCUT2D eigenvalue weighted by Gasteiger charge is 2.48. The normalized spacial score (nSPS) is 19.4. The molecule has 31 heavy (non-hydrogen) atoms. The van der Waals surface area contributed by atoms with Crippen molar-refractivity contribution in [2.24, 2.45) is 5.41 Å². The van der Waals surface area contributed by atoms with Crippen molar-refractivity contribution in [3.63, 3.8) is 0 Å². The number of amides is 1. The quantitative estimate of drug-likeness (QED) is 0.670. The Labute approximate surface area is 187 Å². The molecular weight excluding hydrogens is 420 g/mol. The number of aromatic nitrogens is 2. The molecule has 1 aliphatic heterocycles. The lowest BCUT2D eigenvalue weighted by atomic mass is 9.71. The van der Waals surface area contributed by atoms with Crippen LogP contribution < -0.4 is 10.1 Å². The molecule has 9 heteroatoms. The Morgan fingerprint density at radius 3 is 2.58 bits per heavy atom. The maximum Gasteiger partial charge on any atom is 0.407 e. The van der Waals surface area contributed by atoms with Gasteiger partial charge in [-0.25, -0.2) is 9.78 Å². The van der Waals surface area contributed by atoms with E-state index in [2.05, 4.69) is 36.1 Å². The van der Waals surface area contributed by atoms with Crippen molar-refractivity contribution in [1.82, 2.24) is 14.9 Å². The molecule has 2 heterocycles. The van der Waals surface area contributed by atoms with Crippen LogP contribution in [0.15, 0.2) is 30.5 Å². The third kappa shape index (κ3) is 5.02. The molecule has 0 saturated carbocycles. The maximum absolute atomic E-state index is 11.6. The fraction of sp³-hybridized carbons (Fsp3) is 0.500. The minimum Gasteiger partial charge on any atom is -0.465 e. The number of halogens is 1. The highest BCUT2D eigenvalue weighted by molar-refractivity contribution is 6.32. The molecule has 0 aliphatic carbocycles. The van der Waals surface area contributed by atoms with Crippen LogP contribution in [0.2, 0.25) is 5.02 Å².